The van der Waals surface area contributed by atoms with Gasteiger partial charge in [0.05, 0.1) is 26.9 Å². The van der Waals surface area contributed by atoms with E-state index >= 15 is 0 Å². The van der Waals surface area contributed by atoms with E-state index in [-0.39, 0.29) is 5.92 Å². The molecule has 0 amide bonds. The number of hydrogen-bond acceptors (Lipinski definition) is 4. The van der Waals surface area contributed by atoms with E-state index in [4.69, 9.17) is 14.2 Å². The lowest BCUT2D eigenvalue weighted by atomic mass is 9.94. The Labute approximate surface area is 101 Å². The number of para-hydroxylation sites is 1. The monoisotopic (exact) mass is 238 g/mol. The van der Waals surface area contributed by atoms with Crippen LogP contribution < -0.4 is 9.47 Å². The summed E-state index contributed by atoms with van der Waals surface area (Å²) in [6.07, 6.45) is 0.309. The van der Waals surface area contributed by atoms with Crippen LogP contribution in [-0.4, -0.2) is 32.5 Å². The Kier molecular flexibility index (Phi) is 3.86. The second-order valence-corrected chi connectivity index (χ2v) is 4.15. The van der Waals surface area contributed by atoms with Crippen LogP contribution in [0.2, 0.25) is 0 Å². The summed E-state index contributed by atoms with van der Waals surface area (Å²) >= 11 is 0. The van der Waals surface area contributed by atoms with Gasteiger partial charge in [0.2, 0.25) is 0 Å². The number of methoxy groups -OCH3 is 2. The summed E-state index contributed by atoms with van der Waals surface area (Å²) in [7, 11) is 3.17. The summed E-state index contributed by atoms with van der Waals surface area (Å²) in [5.74, 6) is 1.38. The highest BCUT2D eigenvalue weighted by atomic mass is 16.5. The van der Waals surface area contributed by atoms with Crippen LogP contribution >= 0.6 is 0 Å². The van der Waals surface area contributed by atoms with Gasteiger partial charge in [0.15, 0.2) is 11.5 Å². The third-order valence-electron chi connectivity index (χ3n) is 3.16. The summed E-state index contributed by atoms with van der Waals surface area (Å²) in [6, 6.07) is 5.54. The Morgan fingerprint density at radius 2 is 2.18 bits per heavy atom. The van der Waals surface area contributed by atoms with Crippen molar-refractivity contribution in [2.45, 2.75) is 12.5 Å². The predicted molar refractivity (Wildman–Crippen MR) is 63.4 cm³/mol. The molecule has 4 heteroatoms. The first-order chi connectivity index (χ1) is 8.27. The molecule has 1 heterocycles. The van der Waals surface area contributed by atoms with Crippen molar-refractivity contribution in [3.63, 3.8) is 0 Å². The van der Waals surface area contributed by atoms with Crippen molar-refractivity contribution in [2.75, 3.05) is 27.4 Å². The third kappa shape index (κ3) is 2.37. The van der Waals surface area contributed by atoms with Crippen LogP contribution in [-0.2, 0) is 4.74 Å². The molecule has 1 saturated heterocycles. The third-order valence-corrected chi connectivity index (χ3v) is 3.16. The highest BCUT2D eigenvalue weighted by molar-refractivity contribution is 5.47. The fraction of sp³-hybridized carbons (Fsp3) is 0.538. The fourth-order valence-corrected chi connectivity index (χ4v) is 2.20. The molecule has 0 radical (unpaired) electrons. The maximum atomic E-state index is 10.3. The molecule has 4 nitrogen and oxygen atoms in total. The standard InChI is InChI=1S/C13H18O4/c1-15-11-5-3-4-10(13(11)16-2)12(14)9-6-7-17-8-9/h3-5,9,12,14H,6-8H2,1-2H3. The normalized spacial score (nSPS) is 21.2. The summed E-state index contributed by atoms with van der Waals surface area (Å²) in [5.41, 5.74) is 0.766. The smallest absolute Gasteiger partial charge is 0.166 e. The van der Waals surface area contributed by atoms with Crippen molar-refractivity contribution in [3.05, 3.63) is 23.8 Å². The van der Waals surface area contributed by atoms with Crippen LogP contribution in [0.25, 0.3) is 0 Å². The molecule has 94 valence electrons. The van der Waals surface area contributed by atoms with Crippen molar-refractivity contribution >= 4 is 0 Å². The van der Waals surface area contributed by atoms with Crippen molar-refractivity contribution in [1.29, 1.82) is 0 Å². The minimum atomic E-state index is -0.567. The zero-order valence-electron chi connectivity index (χ0n) is 10.2. The van der Waals surface area contributed by atoms with Gasteiger partial charge >= 0.3 is 0 Å². The maximum absolute atomic E-state index is 10.3. The average Bonchev–Trinajstić information content (AvgIpc) is 2.90. The molecule has 2 atom stereocenters. The Morgan fingerprint density at radius 3 is 2.76 bits per heavy atom. The van der Waals surface area contributed by atoms with E-state index in [0.29, 0.717) is 24.7 Å². The molecule has 1 N–H and O–H groups in total. The van der Waals surface area contributed by atoms with E-state index < -0.39 is 6.10 Å². The average molecular weight is 238 g/mol. The molecule has 1 aromatic carbocycles. The van der Waals surface area contributed by atoms with Crippen LogP contribution in [0.15, 0.2) is 18.2 Å². The molecular weight excluding hydrogens is 220 g/mol. The van der Waals surface area contributed by atoms with Crippen LogP contribution in [0.3, 0.4) is 0 Å². The topological polar surface area (TPSA) is 47.9 Å². The van der Waals surface area contributed by atoms with E-state index in [1.54, 1.807) is 14.2 Å². The second kappa shape index (κ2) is 5.38. The molecule has 1 aromatic rings. The molecule has 17 heavy (non-hydrogen) atoms. The number of hydrogen-bond donors (Lipinski definition) is 1. The molecule has 1 aliphatic heterocycles. The first kappa shape index (κ1) is 12.2. The summed E-state index contributed by atoms with van der Waals surface area (Å²) < 4.78 is 15.8. The quantitative estimate of drug-likeness (QED) is 0.868. The van der Waals surface area contributed by atoms with Crippen LogP contribution in [0, 0.1) is 5.92 Å². The molecule has 0 spiro atoms. The predicted octanol–water partition coefficient (Wildman–Crippen LogP) is 1.77. The molecule has 2 unspecified atom stereocenters. The molecule has 0 aromatic heterocycles. The van der Waals surface area contributed by atoms with Crippen molar-refractivity contribution in [3.8, 4) is 11.5 Å². The van der Waals surface area contributed by atoms with Crippen molar-refractivity contribution < 1.29 is 19.3 Å². The van der Waals surface area contributed by atoms with Gasteiger partial charge in [-0.1, -0.05) is 12.1 Å². The SMILES string of the molecule is COc1cccc(C(O)C2CCOC2)c1OC. The van der Waals surface area contributed by atoms with Crippen molar-refractivity contribution in [1.82, 2.24) is 0 Å². The summed E-state index contributed by atoms with van der Waals surface area (Å²) in [4.78, 5) is 0. The lowest BCUT2D eigenvalue weighted by Crippen LogP contribution is -2.13. The molecule has 0 bridgehead atoms. The minimum absolute atomic E-state index is 0.135. The van der Waals surface area contributed by atoms with Gasteiger partial charge in [-0.15, -0.1) is 0 Å². The highest BCUT2D eigenvalue weighted by Gasteiger charge is 2.28. The number of rotatable bonds is 4. The minimum Gasteiger partial charge on any atom is -0.493 e. The molecule has 1 fully saturated rings. The molecule has 0 aliphatic carbocycles. The van der Waals surface area contributed by atoms with E-state index in [0.717, 1.165) is 12.0 Å². The molecular formula is C13H18O4. The maximum Gasteiger partial charge on any atom is 0.166 e. The Balaban J connectivity index is 2.29. The van der Waals surface area contributed by atoms with E-state index in [9.17, 15) is 5.11 Å². The first-order valence-electron chi connectivity index (χ1n) is 5.74. The number of ether oxygens (including phenoxy) is 3. The van der Waals surface area contributed by atoms with Gasteiger partial charge in [0.25, 0.3) is 0 Å². The lowest BCUT2D eigenvalue weighted by Gasteiger charge is -2.20. The van der Waals surface area contributed by atoms with E-state index in [1.165, 1.54) is 0 Å². The van der Waals surface area contributed by atoms with Gasteiger partial charge in [0.1, 0.15) is 0 Å². The Bertz CT molecular complexity index is 372. The number of aliphatic hydroxyl groups excluding tert-OH is 1. The van der Waals surface area contributed by atoms with Gasteiger partial charge < -0.3 is 19.3 Å². The van der Waals surface area contributed by atoms with Crippen molar-refractivity contribution in [2.24, 2.45) is 5.92 Å². The lowest BCUT2D eigenvalue weighted by molar-refractivity contribution is 0.0893. The Hall–Kier alpha value is -1.26. The van der Waals surface area contributed by atoms with Gasteiger partial charge in [0, 0.05) is 18.1 Å². The van der Waals surface area contributed by atoms with Gasteiger partial charge in [-0.25, -0.2) is 0 Å². The molecule has 0 saturated carbocycles. The van der Waals surface area contributed by atoms with Crippen LogP contribution in [0.5, 0.6) is 11.5 Å². The van der Waals surface area contributed by atoms with Crippen LogP contribution in [0.4, 0.5) is 0 Å². The Morgan fingerprint density at radius 1 is 1.35 bits per heavy atom. The number of aliphatic hydroxyl groups is 1. The van der Waals surface area contributed by atoms with Crippen LogP contribution in [0.1, 0.15) is 18.1 Å². The van der Waals surface area contributed by atoms with Gasteiger partial charge in [-0.05, 0) is 12.5 Å². The largest absolute Gasteiger partial charge is 0.493 e. The first-order valence-corrected chi connectivity index (χ1v) is 5.74. The fourth-order valence-electron chi connectivity index (χ4n) is 2.20. The van der Waals surface area contributed by atoms with Gasteiger partial charge in [-0.3, -0.25) is 0 Å². The molecule has 1 aliphatic rings. The summed E-state index contributed by atoms with van der Waals surface area (Å²) in [5, 5.41) is 10.3. The number of benzene rings is 1. The zero-order chi connectivity index (χ0) is 12.3. The zero-order valence-corrected chi connectivity index (χ0v) is 10.2. The summed E-state index contributed by atoms with van der Waals surface area (Å²) in [6.45, 7) is 1.32. The van der Waals surface area contributed by atoms with E-state index in [1.807, 2.05) is 18.2 Å². The van der Waals surface area contributed by atoms with Gasteiger partial charge in [-0.2, -0.15) is 0 Å². The second-order valence-electron chi connectivity index (χ2n) is 4.15. The highest BCUT2D eigenvalue weighted by Crippen LogP contribution is 2.39. The molecule has 2 rings (SSSR count). The van der Waals surface area contributed by atoms with E-state index in [2.05, 4.69) is 0 Å².